The van der Waals surface area contributed by atoms with Gasteiger partial charge < -0.3 is 21.9 Å². The van der Waals surface area contributed by atoms with Gasteiger partial charge in [-0.15, -0.1) is 5.11 Å². The molecule has 0 spiro atoms. The molecule has 28 heavy (non-hydrogen) atoms. The third-order valence-electron chi connectivity index (χ3n) is 4.28. The maximum absolute atomic E-state index is 6.38. The standard InChI is InChI=1S/C20H19N7O/c1-2-28-12-4-6-15-14(10-12)19(22)13-5-3-11(9-17(13)24-15)26-27-16-7-8-18(21)25-20(16)23/h3-10H,2H2,1H3,(H2,22,24)(H4,21,23,25)/b27-26+. The molecule has 0 amide bonds. The Hall–Kier alpha value is -3.94. The fourth-order valence-corrected chi connectivity index (χ4v) is 2.94. The van der Waals surface area contributed by atoms with Gasteiger partial charge in [0.05, 0.1) is 29.0 Å². The molecular formula is C20H19N7O. The highest BCUT2D eigenvalue weighted by Crippen LogP contribution is 2.33. The minimum atomic E-state index is 0.225. The van der Waals surface area contributed by atoms with Gasteiger partial charge in [0.25, 0.3) is 0 Å². The van der Waals surface area contributed by atoms with Crippen molar-refractivity contribution in [2.75, 3.05) is 23.8 Å². The van der Waals surface area contributed by atoms with Crippen molar-refractivity contribution < 1.29 is 4.74 Å². The van der Waals surface area contributed by atoms with Gasteiger partial charge in [0.2, 0.25) is 0 Å². The molecule has 8 heteroatoms. The number of fused-ring (bicyclic) bond motifs is 2. The van der Waals surface area contributed by atoms with Crippen LogP contribution in [0.2, 0.25) is 0 Å². The van der Waals surface area contributed by atoms with Crippen LogP contribution in [0.1, 0.15) is 6.92 Å². The Morgan fingerprint density at radius 1 is 0.857 bits per heavy atom. The maximum Gasteiger partial charge on any atom is 0.153 e. The van der Waals surface area contributed by atoms with Gasteiger partial charge in [-0.05, 0) is 55.5 Å². The smallest absolute Gasteiger partial charge is 0.153 e. The molecule has 4 aromatic rings. The molecule has 140 valence electrons. The molecule has 0 fully saturated rings. The first-order chi connectivity index (χ1) is 13.5. The van der Waals surface area contributed by atoms with Crippen LogP contribution in [-0.2, 0) is 0 Å². The highest BCUT2D eigenvalue weighted by molar-refractivity contribution is 6.07. The number of aromatic nitrogens is 2. The fraction of sp³-hybridized carbons (Fsp3) is 0.100. The summed E-state index contributed by atoms with van der Waals surface area (Å²) < 4.78 is 5.56. The van der Waals surface area contributed by atoms with Crippen molar-refractivity contribution in [2.45, 2.75) is 6.92 Å². The summed E-state index contributed by atoms with van der Waals surface area (Å²) >= 11 is 0. The van der Waals surface area contributed by atoms with E-state index in [4.69, 9.17) is 26.9 Å². The molecule has 2 aromatic carbocycles. The van der Waals surface area contributed by atoms with Gasteiger partial charge in [-0.25, -0.2) is 9.97 Å². The topological polar surface area (TPSA) is 138 Å². The van der Waals surface area contributed by atoms with E-state index in [9.17, 15) is 0 Å². The summed E-state index contributed by atoms with van der Waals surface area (Å²) in [5.74, 6) is 1.33. The number of nitrogens with zero attached hydrogens (tertiary/aromatic N) is 4. The van der Waals surface area contributed by atoms with Crippen LogP contribution in [0.15, 0.2) is 58.8 Å². The SMILES string of the molecule is CCOc1ccc2nc3cc(/N=N/c4ccc(N)nc4N)ccc3c(N)c2c1. The lowest BCUT2D eigenvalue weighted by Gasteiger charge is -2.09. The Kier molecular flexibility index (Phi) is 4.36. The molecule has 0 bridgehead atoms. The molecule has 0 saturated carbocycles. The molecule has 2 aromatic heterocycles. The van der Waals surface area contributed by atoms with Gasteiger partial charge in [-0.3, -0.25) is 0 Å². The van der Waals surface area contributed by atoms with Crippen molar-refractivity contribution in [1.82, 2.24) is 9.97 Å². The van der Waals surface area contributed by atoms with E-state index in [0.29, 0.717) is 29.5 Å². The molecule has 0 aliphatic rings. The number of nitrogen functional groups attached to an aromatic ring is 3. The summed E-state index contributed by atoms with van der Waals surface area (Å²) in [5, 5.41) is 10.1. The zero-order valence-electron chi connectivity index (χ0n) is 15.3. The Balaban J connectivity index is 1.75. The van der Waals surface area contributed by atoms with Gasteiger partial charge in [0.15, 0.2) is 5.82 Å². The van der Waals surface area contributed by atoms with Crippen molar-refractivity contribution in [3.63, 3.8) is 0 Å². The molecule has 0 unspecified atom stereocenters. The van der Waals surface area contributed by atoms with E-state index in [2.05, 4.69) is 15.2 Å². The van der Waals surface area contributed by atoms with Crippen molar-refractivity contribution in [2.24, 2.45) is 10.2 Å². The predicted octanol–water partition coefficient (Wildman–Crippen LogP) is 4.34. The molecule has 4 rings (SSSR count). The van der Waals surface area contributed by atoms with Crippen LogP contribution >= 0.6 is 0 Å². The largest absolute Gasteiger partial charge is 0.494 e. The molecule has 2 heterocycles. The second kappa shape index (κ2) is 6.99. The zero-order chi connectivity index (χ0) is 19.7. The molecule has 6 N–H and O–H groups in total. The minimum absolute atomic E-state index is 0.225. The molecule has 0 aliphatic heterocycles. The third-order valence-corrected chi connectivity index (χ3v) is 4.28. The first kappa shape index (κ1) is 17.5. The highest BCUT2D eigenvalue weighted by Gasteiger charge is 2.09. The Labute approximate surface area is 161 Å². The average molecular weight is 373 g/mol. The van der Waals surface area contributed by atoms with Crippen LogP contribution in [0, 0.1) is 0 Å². The van der Waals surface area contributed by atoms with Gasteiger partial charge in [0, 0.05) is 10.8 Å². The number of ether oxygens (including phenoxy) is 1. The second-order valence-corrected chi connectivity index (χ2v) is 6.18. The monoisotopic (exact) mass is 373 g/mol. The first-order valence-corrected chi connectivity index (χ1v) is 8.74. The summed E-state index contributed by atoms with van der Waals surface area (Å²) in [4.78, 5) is 8.66. The van der Waals surface area contributed by atoms with Gasteiger partial charge in [0.1, 0.15) is 17.3 Å². The Bertz CT molecular complexity index is 1220. The van der Waals surface area contributed by atoms with E-state index in [-0.39, 0.29) is 5.82 Å². The number of hydrogen-bond acceptors (Lipinski definition) is 8. The van der Waals surface area contributed by atoms with E-state index in [1.807, 2.05) is 43.3 Å². The van der Waals surface area contributed by atoms with Crippen molar-refractivity contribution >= 4 is 50.5 Å². The van der Waals surface area contributed by atoms with Gasteiger partial charge in [-0.1, -0.05) is 0 Å². The van der Waals surface area contributed by atoms with Gasteiger partial charge >= 0.3 is 0 Å². The molecule has 8 nitrogen and oxygen atoms in total. The summed E-state index contributed by atoms with van der Waals surface area (Å²) in [6, 6.07) is 14.5. The number of azo groups is 1. The quantitative estimate of drug-likeness (QED) is 0.359. The summed E-state index contributed by atoms with van der Waals surface area (Å²) in [7, 11) is 0. The number of benzene rings is 2. The number of rotatable bonds is 4. The van der Waals surface area contributed by atoms with E-state index in [1.54, 1.807) is 12.1 Å². The Morgan fingerprint density at radius 3 is 2.50 bits per heavy atom. The molecular weight excluding hydrogens is 354 g/mol. The van der Waals surface area contributed by atoms with Crippen molar-refractivity contribution in [1.29, 1.82) is 0 Å². The predicted molar refractivity (Wildman–Crippen MR) is 112 cm³/mol. The van der Waals surface area contributed by atoms with E-state index >= 15 is 0 Å². The lowest BCUT2D eigenvalue weighted by atomic mass is 10.1. The summed E-state index contributed by atoms with van der Waals surface area (Å²) in [5.41, 5.74) is 21.0. The third kappa shape index (κ3) is 3.23. The van der Waals surface area contributed by atoms with E-state index in [1.165, 1.54) is 0 Å². The normalized spacial score (nSPS) is 11.5. The van der Waals surface area contributed by atoms with E-state index in [0.717, 1.165) is 27.6 Å². The maximum atomic E-state index is 6.38. The number of anilines is 3. The zero-order valence-corrected chi connectivity index (χ0v) is 15.3. The lowest BCUT2D eigenvalue weighted by molar-refractivity contribution is 0.341. The molecule has 0 atom stereocenters. The summed E-state index contributed by atoms with van der Waals surface area (Å²) in [6.45, 7) is 2.53. The van der Waals surface area contributed by atoms with Crippen LogP contribution in [0.25, 0.3) is 21.8 Å². The molecule has 0 saturated heterocycles. The first-order valence-electron chi connectivity index (χ1n) is 8.74. The van der Waals surface area contributed by atoms with Crippen LogP contribution < -0.4 is 21.9 Å². The van der Waals surface area contributed by atoms with Crippen molar-refractivity contribution in [3.05, 3.63) is 48.5 Å². The number of hydrogen-bond donors (Lipinski definition) is 3. The van der Waals surface area contributed by atoms with Crippen LogP contribution in [0.4, 0.5) is 28.7 Å². The lowest BCUT2D eigenvalue weighted by Crippen LogP contribution is -1.95. The number of nitrogens with two attached hydrogens (primary N) is 3. The van der Waals surface area contributed by atoms with Crippen LogP contribution in [0.5, 0.6) is 5.75 Å². The number of pyridine rings is 2. The van der Waals surface area contributed by atoms with Crippen LogP contribution in [0.3, 0.4) is 0 Å². The highest BCUT2D eigenvalue weighted by atomic mass is 16.5. The van der Waals surface area contributed by atoms with Crippen molar-refractivity contribution in [3.8, 4) is 5.75 Å². The molecule has 0 radical (unpaired) electrons. The van der Waals surface area contributed by atoms with E-state index < -0.39 is 0 Å². The fourth-order valence-electron chi connectivity index (χ4n) is 2.94. The van der Waals surface area contributed by atoms with Crippen LogP contribution in [-0.4, -0.2) is 16.6 Å². The average Bonchev–Trinajstić information content (AvgIpc) is 2.68. The Morgan fingerprint density at radius 2 is 1.71 bits per heavy atom. The minimum Gasteiger partial charge on any atom is -0.494 e. The molecule has 0 aliphatic carbocycles. The summed E-state index contributed by atoms with van der Waals surface area (Å²) in [6.07, 6.45) is 0. The second-order valence-electron chi connectivity index (χ2n) is 6.18. The van der Waals surface area contributed by atoms with Gasteiger partial charge in [-0.2, -0.15) is 5.11 Å².